The molecule has 9 heteroatoms. The Bertz CT molecular complexity index is 736. The van der Waals surface area contributed by atoms with Crippen LogP contribution in [-0.4, -0.2) is 32.9 Å². The summed E-state index contributed by atoms with van der Waals surface area (Å²) < 4.78 is 18.6. The Morgan fingerprint density at radius 2 is 2.42 bits per heavy atom. The van der Waals surface area contributed by atoms with Crippen molar-refractivity contribution in [3.05, 3.63) is 34.9 Å². The number of benzene rings is 1. The summed E-state index contributed by atoms with van der Waals surface area (Å²) in [6.07, 6.45) is 1.87. The largest absolute Gasteiger partial charge is 0.370 e. The quantitative estimate of drug-likeness (QED) is 0.786. The second-order valence-electron chi connectivity index (χ2n) is 5.38. The number of thioether (sulfide) groups is 1. The van der Waals surface area contributed by atoms with Gasteiger partial charge in [0.2, 0.25) is 11.1 Å². The predicted octanol–water partition coefficient (Wildman–Crippen LogP) is 3.57. The summed E-state index contributed by atoms with van der Waals surface area (Å²) in [6.45, 7) is 2.46. The Kier molecular flexibility index (Phi) is 5.37. The number of amides is 1. The number of carbonyl (C=O) groups is 1. The standard InChI is InChI=1S/C15H16ClFN4O2S/c1-8(14(22)18-11-5-4-9(17)7-10(11)16)24-15-19-13(20-21-15)12-3-2-6-23-12/h4-5,7-8,12H,2-3,6H2,1H3,(H,18,22)(H,19,20,21)/t8-,12-/m0/s1. The van der Waals surface area contributed by atoms with Crippen LogP contribution in [0.1, 0.15) is 31.7 Å². The zero-order valence-electron chi connectivity index (χ0n) is 12.9. The molecule has 1 aliphatic rings. The Morgan fingerprint density at radius 1 is 1.58 bits per heavy atom. The normalized spacial score (nSPS) is 18.5. The fourth-order valence-corrected chi connectivity index (χ4v) is 3.23. The summed E-state index contributed by atoms with van der Waals surface area (Å²) in [5.74, 6) is -0.0380. The molecule has 0 bridgehead atoms. The van der Waals surface area contributed by atoms with Crippen LogP contribution in [0.2, 0.25) is 5.02 Å². The minimum atomic E-state index is -0.456. The third kappa shape index (κ3) is 4.06. The highest BCUT2D eigenvalue weighted by Crippen LogP contribution is 2.29. The van der Waals surface area contributed by atoms with Crippen LogP contribution < -0.4 is 5.32 Å². The number of rotatable bonds is 5. The first kappa shape index (κ1) is 17.2. The Labute approximate surface area is 147 Å². The van der Waals surface area contributed by atoms with E-state index in [0.717, 1.165) is 25.5 Å². The topological polar surface area (TPSA) is 79.9 Å². The zero-order chi connectivity index (χ0) is 17.1. The Balaban J connectivity index is 1.59. The number of aromatic amines is 1. The molecule has 1 fully saturated rings. The second-order valence-corrected chi connectivity index (χ2v) is 7.09. The van der Waals surface area contributed by atoms with Gasteiger partial charge in [0.25, 0.3) is 0 Å². The molecule has 24 heavy (non-hydrogen) atoms. The molecule has 1 amide bonds. The number of aromatic nitrogens is 3. The van der Waals surface area contributed by atoms with Gasteiger partial charge < -0.3 is 10.1 Å². The van der Waals surface area contributed by atoms with Crippen LogP contribution in [-0.2, 0) is 9.53 Å². The van der Waals surface area contributed by atoms with E-state index < -0.39 is 11.1 Å². The molecule has 1 aromatic heterocycles. The van der Waals surface area contributed by atoms with Crippen molar-refractivity contribution in [1.82, 2.24) is 15.2 Å². The Hall–Kier alpha value is -1.64. The molecule has 2 heterocycles. The van der Waals surface area contributed by atoms with Gasteiger partial charge in [-0.25, -0.2) is 9.37 Å². The highest BCUT2D eigenvalue weighted by Gasteiger charge is 2.23. The number of hydrogen-bond donors (Lipinski definition) is 2. The van der Waals surface area contributed by atoms with E-state index in [4.69, 9.17) is 16.3 Å². The van der Waals surface area contributed by atoms with E-state index >= 15 is 0 Å². The Morgan fingerprint density at radius 3 is 3.12 bits per heavy atom. The van der Waals surface area contributed by atoms with Crippen molar-refractivity contribution in [3.8, 4) is 0 Å². The summed E-state index contributed by atoms with van der Waals surface area (Å²) in [5.41, 5.74) is 0.366. The average Bonchev–Trinajstić information content (AvgIpc) is 3.20. The van der Waals surface area contributed by atoms with Gasteiger partial charge in [-0.1, -0.05) is 23.4 Å². The van der Waals surface area contributed by atoms with E-state index in [1.807, 2.05) is 0 Å². The molecule has 1 aliphatic heterocycles. The fourth-order valence-electron chi connectivity index (χ4n) is 2.28. The smallest absolute Gasteiger partial charge is 0.237 e. The van der Waals surface area contributed by atoms with Gasteiger partial charge >= 0.3 is 0 Å². The van der Waals surface area contributed by atoms with Gasteiger partial charge in [-0.2, -0.15) is 0 Å². The summed E-state index contributed by atoms with van der Waals surface area (Å²) >= 11 is 7.13. The molecular formula is C15H16ClFN4O2S. The molecule has 0 spiro atoms. The number of ether oxygens (including phenoxy) is 1. The van der Waals surface area contributed by atoms with Crippen molar-refractivity contribution in [2.45, 2.75) is 36.3 Å². The maximum Gasteiger partial charge on any atom is 0.237 e. The number of H-pyrrole nitrogens is 1. The lowest BCUT2D eigenvalue weighted by atomic mass is 10.2. The molecule has 6 nitrogen and oxygen atoms in total. The highest BCUT2D eigenvalue weighted by molar-refractivity contribution is 8.00. The SMILES string of the molecule is C[C@H](Sc1n[nH]c([C@@H]2CCCO2)n1)C(=O)Nc1ccc(F)cc1Cl. The third-order valence-electron chi connectivity index (χ3n) is 3.56. The van der Waals surface area contributed by atoms with Crippen molar-refractivity contribution in [2.24, 2.45) is 0 Å². The van der Waals surface area contributed by atoms with E-state index in [1.54, 1.807) is 6.92 Å². The van der Waals surface area contributed by atoms with E-state index in [2.05, 4.69) is 20.5 Å². The summed E-state index contributed by atoms with van der Waals surface area (Å²) in [5, 5.41) is 9.82. The van der Waals surface area contributed by atoms with Crippen LogP contribution in [0.25, 0.3) is 0 Å². The number of nitrogens with one attached hydrogen (secondary N) is 2. The lowest BCUT2D eigenvalue weighted by molar-refractivity contribution is -0.115. The van der Waals surface area contributed by atoms with Crippen molar-refractivity contribution < 1.29 is 13.9 Å². The lowest BCUT2D eigenvalue weighted by Gasteiger charge is -2.11. The average molecular weight is 371 g/mol. The molecular weight excluding hydrogens is 355 g/mol. The van der Waals surface area contributed by atoms with Crippen LogP contribution in [0.5, 0.6) is 0 Å². The molecule has 0 radical (unpaired) electrons. The van der Waals surface area contributed by atoms with E-state index in [1.165, 1.54) is 23.9 Å². The van der Waals surface area contributed by atoms with Crippen LogP contribution >= 0.6 is 23.4 Å². The number of halogens is 2. The molecule has 1 saturated heterocycles. The van der Waals surface area contributed by atoms with E-state index in [0.29, 0.717) is 16.7 Å². The molecule has 3 rings (SSSR count). The van der Waals surface area contributed by atoms with Gasteiger partial charge in [0, 0.05) is 6.61 Å². The number of carbonyl (C=O) groups excluding carboxylic acids is 1. The van der Waals surface area contributed by atoms with Gasteiger partial charge in [0.05, 0.1) is 16.0 Å². The molecule has 0 saturated carbocycles. The first-order chi connectivity index (χ1) is 11.5. The maximum absolute atomic E-state index is 13.0. The fraction of sp³-hybridized carbons (Fsp3) is 0.400. The highest BCUT2D eigenvalue weighted by atomic mass is 35.5. The van der Waals surface area contributed by atoms with Crippen molar-refractivity contribution in [2.75, 3.05) is 11.9 Å². The van der Waals surface area contributed by atoms with Crippen LogP contribution in [0.4, 0.5) is 10.1 Å². The molecule has 2 N–H and O–H groups in total. The van der Waals surface area contributed by atoms with Gasteiger partial charge in [0.15, 0.2) is 5.82 Å². The van der Waals surface area contributed by atoms with E-state index in [-0.39, 0.29) is 17.0 Å². The summed E-state index contributed by atoms with van der Waals surface area (Å²) in [7, 11) is 0. The van der Waals surface area contributed by atoms with Crippen molar-refractivity contribution >= 4 is 35.0 Å². The molecule has 2 aromatic rings. The van der Waals surface area contributed by atoms with Crippen LogP contribution in [0.15, 0.2) is 23.4 Å². The number of anilines is 1. The summed E-state index contributed by atoms with van der Waals surface area (Å²) in [6, 6.07) is 3.82. The van der Waals surface area contributed by atoms with Crippen molar-refractivity contribution in [1.29, 1.82) is 0 Å². The second kappa shape index (κ2) is 7.50. The third-order valence-corrected chi connectivity index (χ3v) is 4.83. The monoisotopic (exact) mass is 370 g/mol. The zero-order valence-corrected chi connectivity index (χ0v) is 14.5. The van der Waals surface area contributed by atoms with Gasteiger partial charge in [-0.3, -0.25) is 9.89 Å². The van der Waals surface area contributed by atoms with Gasteiger partial charge in [-0.05, 0) is 38.0 Å². The van der Waals surface area contributed by atoms with Gasteiger partial charge in [-0.15, -0.1) is 5.10 Å². The molecule has 2 atom stereocenters. The molecule has 1 aromatic carbocycles. The van der Waals surface area contributed by atoms with Crippen molar-refractivity contribution in [3.63, 3.8) is 0 Å². The maximum atomic E-state index is 13.0. The first-order valence-corrected chi connectivity index (χ1v) is 8.75. The summed E-state index contributed by atoms with van der Waals surface area (Å²) in [4.78, 5) is 16.6. The van der Waals surface area contributed by atoms with Gasteiger partial charge in [0.1, 0.15) is 11.9 Å². The van der Waals surface area contributed by atoms with E-state index in [9.17, 15) is 9.18 Å². The molecule has 128 valence electrons. The minimum absolute atomic E-state index is 0.0472. The minimum Gasteiger partial charge on any atom is -0.370 e. The van der Waals surface area contributed by atoms with Crippen LogP contribution in [0.3, 0.4) is 0 Å². The number of nitrogens with zero attached hydrogens (tertiary/aromatic N) is 2. The van der Waals surface area contributed by atoms with Crippen LogP contribution in [0, 0.1) is 5.82 Å². The number of hydrogen-bond acceptors (Lipinski definition) is 5. The molecule has 0 unspecified atom stereocenters. The predicted molar refractivity (Wildman–Crippen MR) is 89.7 cm³/mol. The first-order valence-electron chi connectivity index (χ1n) is 7.49. The lowest BCUT2D eigenvalue weighted by Crippen LogP contribution is -2.22. The molecule has 0 aliphatic carbocycles.